The van der Waals surface area contributed by atoms with Gasteiger partial charge in [-0.2, -0.15) is 26.3 Å². The predicted octanol–water partition coefficient (Wildman–Crippen LogP) is 2.47. The van der Waals surface area contributed by atoms with Crippen LogP contribution in [0.4, 0.5) is 32.2 Å². The van der Waals surface area contributed by atoms with Crippen molar-refractivity contribution in [2.24, 2.45) is 0 Å². The van der Waals surface area contributed by atoms with E-state index in [1.54, 1.807) is 0 Å². The van der Waals surface area contributed by atoms with Crippen molar-refractivity contribution in [3.8, 4) is 0 Å². The summed E-state index contributed by atoms with van der Waals surface area (Å²) in [5, 5.41) is 9.19. The lowest BCUT2D eigenvalue weighted by Crippen LogP contribution is -2.30. The number of thioether (sulfide) groups is 1. The number of pyridine rings is 1. The molecular formula is C10H6F6N2O2S. The Labute approximate surface area is 117 Å². The quantitative estimate of drug-likeness (QED) is 0.803. The van der Waals surface area contributed by atoms with Gasteiger partial charge in [0.1, 0.15) is 11.5 Å². The molecule has 1 aliphatic heterocycles. The van der Waals surface area contributed by atoms with Crippen molar-refractivity contribution in [3.05, 3.63) is 23.4 Å². The molecule has 0 aliphatic carbocycles. The molecule has 4 nitrogen and oxygen atoms in total. The highest BCUT2D eigenvalue weighted by Gasteiger charge is 2.40. The molecule has 1 aliphatic rings. The van der Waals surface area contributed by atoms with Gasteiger partial charge >= 0.3 is 12.4 Å². The number of hydrogen-bond acceptors (Lipinski definition) is 4. The van der Waals surface area contributed by atoms with Crippen LogP contribution in [0.2, 0.25) is 0 Å². The minimum atomic E-state index is -5.09. The Morgan fingerprint density at radius 2 is 1.81 bits per heavy atom. The number of nitrogens with zero attached hydrogens (tertiary/aromatic N) is 2. The molecule has 11 heteroatoms. The molecule has 2 heterocycles. The van der Waals surface area contributed by atoms with E-state index in [0.29, 0.717) is 22.7 Å². The SMILES string of the molecule is O=C1C(O)SCN1c1cc(C(F)(F)F)cc(C(F)(F)F)n1. The summed E-state index contributed by atoms with van der Waals surface area (Å²) in [5.74, 6) is -2.10. The van der Waals surface area contributed by atoms with Gasteiger partial charge < -0.3 is 5.11 Å². The molecule has 1 aromatic heterocycles. The predicted molar refractivity (Wildman–Crippen MR) is 60.2 cm³/mol. The van der Waals surface area contributed by atoms with E-state index in [-0.39, 0.29) is 11.9 Å². The van der Waals surface area contributed by atoms with E-state index in [0.717, 1.165) is 0 Å². The maximum absolute atomic E-state index is 12.6. The molecule has 0 radical (unpaired) electrons. The number of carbonyl (C=O) groups is 1. The summed E-state index contributed by atoms with van der Waals surface area (Å²) in [5.41, 5.74) is -4.86. The van der Waals surface area contributed by atoms with Gasteiger partial charge in [0.2, 0.25) is 0 Å². The van der Waals surface area contributed by atoms with Crippen molar-refractivity contribution in [2.45, 2.75) is 17.8 Å². The number of aliphatic hydroxyl groups excluding tert-OH is 1. The molecule has 21 heavy (non-hydrogen) atoms. The zero-order chi connectivity index (χ0) is 16.0. The van der Waals surface area contributed by atoms with Gasteiger partial charge in [-0.3, -0.25) is 9.69 Å². The van der Waals surface area contributed by atoms with Crippen LogP contribution in [-0.2, 0) is 17.1 Å². The van der Waals surface area contributed by atoms with Crippen molar-refractivity contribution >= 4 is 23.5 Å². The number of aliphatic hydroxyl groups is 1. The molecule has 2 rings (SSSR count). The van der Waals surface area contributed by atoms with Crippen molar-refractivity contribution in [1.29, 1.82) is 0 Å². The van der Waals surface area contributed by atoms with Gasteiger partial charge in [0.25, 0.3) is 5.91 Å². The Balaban J connectivity index is 2.53. The van der Waals surface area contributed by atoms with Gasteiger partial charge in [-0.25, -0.2) is 4.98 Å². The number of rotatable bonds is 1. The zero-order valence-electron chi connectivity index (χ0n) is 9.87. The van der Waals surface area contributed by atoms with E-state index in [4.69, 9.17) is 0 Å². The van der Waals surface area contributed by atoms with Gasteiger partial charge in [-0.15, -0.1) is 0 Å². The van der Waals surface area contributed by atoms with Crippen LogP contribution in [0.25, 0.3) is 0 Å². The lowest BCUT2D eigenvalue weighted by atomic mass is 10.2. The summed E-state index contributed by atoms with van der Waals surface area (Å²) >= 11 is 0.664. The summed E-state index contributed by atoms with van der Waals surface area (Å²) in [4.78, 5) is 15.1. The fraction of sp³-hybridized carbons (Fsp3) is 0.400. The first-order valence-corrected chi connectivity index (χ1v) is 6.32. The third-order valence-corrected chi connectivity index (χ3v) is 3.47. The molecule has 0 bridgehead atoms. The van der Waals surface area contributed by atoms with E-state index in [1.165, 1.54) is 0 Å². The molecule has 116 valence electrons. The van der Waals surface area contributed by atoms with E-state index >= 15 is 0 Å². The second-order valence-electron chi connectivity index (χ2n) is 4.01. The van der Waals surface area contributed by atoms with Gasteiger partial charge in [-0.1, -0.05) is 11.8 Å². The second-order valence-corrected chi connectivity index (χ2v) is 5.05. The van der Waals surface area contributed by atoms with E-state index in [9.17, 15) is 36.2 Å². The maximum atomic E-state index is 12.6. The summed E-state index contributed by atoms with van der Waals surface area (Å²) < 4.78 is 75.8. The largest absolute Gasteiger partial charge is 0.433 e. The van der Waals surface area contributed by atoms with Crippen LogP contribution in [0, 0.1) is 0 Å². The van der Waals surface area contributed by atoms with Crippen LogP contribution in [0.5, 0.6) is 0 Å². The standard InChI is InChI=1S/C10H6F6N2O2S/c11-9(12,13)4-1-5(10(14,15)16)17-6(2-4)18-3-21-8(20)7(18)19/h1-2,8,20H,3H2. The first kappa shape index (κ1) is 15.9. The average molecular weight is 332 g/mol. The van der Waals surface area contributed by atoms with Crippen LogP contribution in [0.3, 0.4) is 0 Å². The third-order valence-electron chi connectivity index (χ3n) is 2.54. The van der Waals surface area contributed by atoms with Crippen LogP contribution >= 0.6 is 11.8 Å². The molecule has 1 fully saturated rings. The lowest BCUT2D eigenvalue weighted by molar-refractivity contribution is -0.145. The van der Waals surface area contributed by atoms with Crippen LogP contribution in [-0.4, -0.2) is 27.3 Å². The lowest BCUT2D eigenvalue weighted by Gasteiger charge is -2.18. The third kappa shape index (κ3) is 3.23. The number of alkyl halides is 6. The maximum Gasteiger partial charge on any atom is 0.433 e. The van der Waals surface area contributed by atoms with Crippen molar-refractivity contribution < 1.29 is 36.2 Å². The van der Waals surface area contributed by atoms with Crippen molar-refractivity contribution in [3.63, 3.8) is 0 Å². The first-order valence-electron chi connectivity index (χ1n) is 5.27. The molecular weight excluding hydrogens is 326 g/mol. The summed E-state index contributed by atoms with van der Waals surface area (Å²) in [6.45, 7) is 0. The highest BCUT2D eigenvalue weighted by Crippen LogP contribution is 2.37. The minimum Gasteiger partial charge on any atom is -0.373 e. The minimum absolute atomic E-state index is 0.131. The molecule has 0 aromatic carbocycles. The Hall–Kier alpha value is -1.49. The molecule has 1 unspecified atom stereocenters. The van der Waals surface area contributed by atoms with E-state index in [1.807, 2.05) is 0 Å². The molecule has 1 aromatic rings. The van der Waals surface area contributed by atoms with Crippen LogP contribution < -0.4 is 4.90 Å². The summed E-state index contributed by atoms with van der Waals surface area (Å²) in [7, 11) is 0. The van der Waals surface area contributed by atoms with E-state index < -0.39 is 40.8 Å². The smallest absolute Gasteiger partial charge is 0.373 e. The average Bonchev–Trinajstić information content (AvgIpc) is 2.67. The molecule has 0 saturated carbocycles. The Morgan fingerprint density at radius 1 is 1.19 bits per heavy atom. The Kier molecular flexibility index (Phi) is 3.82. The molecule has 1 atom stereocenters. The molecule has 0 spiro atoms. The molecule has 1 N–H and O–H groups in total. The van der Waals surface area contributed by atoms with Gasteiger partial charge in [0, 0.05) is 0 Å². The Bertz CT molecular complexity index is 541. The normalized spacial score (nSPS) is 20.2. The van der Waals surface area contributed by atoms with Gasteiger partial charge in [0.15, 0.2) is 5.44 Å². The van der Waals surface area contributed by atoms with Gasteiger partial charge in [-0.05, 0) is 12.1 Å². The number of aromatic nitrogens is 1. The fourth-order valence-electron chi connectivity index (χ4n) is 1.56. The topological polar surface area (TPSA) is 53.4 Å². The number of hydrogen-bond donors (Lipinski definition) is 1. The number of halogens is 6. The summed E-state index contributed by atoms with van der Waals surface area (Å²) in [6, 6.07) is 0.208. The highest BCUT2D eigenvalue weighted by molar-refractivity contribution is 8.01. The van der Waals surface area contributed by atoms with Crippen LogP contribution in [0.15, 0.2) is 12.1 Å². The Morgan fingerprint density at radius 3 is 2.24 bits per heavy atom. The summed E-state index contributed by atoms with van der Waals surface area (Å²) in [6.07, 6.45) is -10.1. The number of carbonyl (C=O) groups excluding carboxylic acids is 1. The van der Waals surface area contributed by atoms with Gasteiger partial charge in [0.05, 0.1) is 11.4 Å². The number of amides is 1. The number of anilines is 1. The first-order chi connectivity index (χ1) is 9.50. The highest BCUT2D eigenvalue weighted by atomic mass is 32.2. The molecule has 1 saturated heterocycles. The fourth-order valence-corrected chi connectivity index (χ4v) is 2.38. The van der Waals surface area contributed by atoms with Crippen molar-refractivity contribution in [2.75, 3.05) is 10.8 Å². The van der Waals surface area contributed by atoms with E-state index in [2.05, 4.69) is 4.98 Å². The zero-order valence-corrected chi connectivity index (χ0v) is 10.7. The molecule has 1 amide bonds. The second kappa shape index (κ2) is 5.05. The monoisotopic (exact) mass is 332 g/mol. The van der Waals surface area contributed by atoms with Crippen LogP contribution in [0.1, 0.15) is 11.3 Å². The van der Waals surface area contributed by atoms with Crippen molar-refractivity contribution in [1.82, 2.24) is 4.98 Å².